The molecule has 0 spiro atoms. The lowest BCUT2D eigenvalue weighted by Gasteiger charge is -2.37. The molecule has 1 N–H and O–H groups in total. The molecule has 7 rings (SSSR count). The molecule has 0 radical (unpaired) electrons. The molecule has 2 heterocycles. The number of nitrogens with one attached hydrogen (secondary N) is 1. The molecule has 1 amide bonds. The van der Waals surface area contributed by atoms with Gasteiger partial charge < -0.3 is 19.4 Å². The van der Waals surface area contributed by atoms with E-state index in [9.17, 15) is 13.2 Å². The van der Waals surface area contributed by atoms with Crippen LogP contribution in [0.2, 0.25) is 0 Å². The summed E-state index contributed by atoms with van der Waals surface area (Å²) in [6, 6.07) is 32.6. The molecule has 0 aromatic heterocycles. The van der Waals surface area contributed by atoms with Crippen LogP contribution >= 0.6 is 0 Å². The van der Waals surface area contributed by atoms with Gasteiger partial charge in [0.25, 0.3) is 15.9 Å². The van der Waals surface area contributed by atoms with E-state index in [0.717, 1.165) is 72.0 Å². The van der Waals surface area contributed by atoms with Crippen LogP contribution < -0.4 is 24.2 Å². The van der Waals surface area contributed by atoms with Gasteiger partial charge in [-0.2, -0.15) is 0 Å². The molecule has 9 nitrogen and oxygen atoms in total. The van der Waals surface area contributed by atoms with Crippen LogP contribution in [0.3, 0.4) is 0 Å². The first-order valence-corrected chi connectivity index (χ1v) is 19.0. The molecule has 0 atom stereocenters. The van der Waals surface area contributed by atoms with Crippen molar-refractivity contribution in [1.82, 2.24) is 4.90 Å². The van der Waals surface area contributed by atoms with E-state index in [1.165, 1.54) is 0 Å². The third-order valence-electron chi connectivity index (χ3n) is 9.63. The summed E-state index contributed by atoms with van der Waals surface area (Å²) >= 11 is 0. The molecule has 0 bridgehead atoms. The van der Waals surface area contributed by atoms with Crippen LogP contribution in [0.1, 0.15) is 35.3 Å². The van der Waals surface area contributed by atoms with E-state index >= 15 is 0 Å². The second kappa shape index (κ2) is 14.3. The van der Waals surface area contributed by atoms with Crippen molar-refractivity contribution in [3.05, 3.63) is 120 Å². The Morgan fingerprint density at radius 3 is 2.33 bits per heavy atom. The number of piperazine rings is 1. The number of ether oxygens (including phenoxy) is 1. The minimum Gasteiger partial charge on any atom is -0.489 e. The van der Waals surface area contributed by atoms with Gasteiger partial charge >= 0.3 is 0 Å². The maximum atomic E-state index is 14.0. The van der Waals surface area contributed by atoms with Crippen LogP contribution in [-0.4, -0.2) is 72.1 Å². The Balaban J connectivity index is 1.04. The number of carbonyl (C=O) groups is 1. The number of amides is 1. The van der Waals surface area contributed by atoms with Gasteiger partial charge in [0.2, 0.25) is 0 Å². The molecule has 10 heteroatoms. The Morgan fingerprint density at radius 2 is 1.55 bits per heavy atom. The van der Waals surface area contributed by atoms with Crippen molar-refractivity contribution in [3.8, 4) is 5.75 Å². The summed E-state index contributed by atoms with van der Waals surface area (Å²) in [6.07, 6.45) is 0.823. The third kappa shape index (κ3) is 7.25. The number of fused-ring (bicyclic) bond motifs is 2. The highest BCUT2D eigenvalue weighted by Gasteiger charge is 2.28. The van der Waals surface area contributed by atoms with E-state index in [-0.39, 0.29) is 16.9 Å². The number of sulfonamides is 1. The van der Waals surface area contributed by atoms with Crippen molar-refractivity contribution in [1.29, 1.82) is 0 Å². The number of para-hydroxylation sites is 2. The van der Waals surface area contributed by atoms with Crippen LogP contribution in [0.25, 0.3) is 10.8 Å². The number of hydrogen-bond donors (Lipinski definition) is 1. The fourth-order valence-corrected chi connectivity index (χ4v) is 8.46. The van der Waals surface area contributed by atoms with Crippen molar-refractivity contribution < 1.29 is 17.9 Å². The second-order valence-electron chi connectivity index (χ2n) is 13.8. The Bertz CT molecular complexity index is 2180. The number of nitrogens with zero attached hydrogens (tertiary/aromatic N) is 4. The first kappa shape index (κ1) is 34.4. The summed E-state index contributed by atoms with van der Waals surface area (Å²) in [5.74, 6) is 0.830. The zero-order valence-corrected chi connectivity index (χ0v) is 30.5. The van der Waals surface area contributed by atoms with E-state index in [0.29, 0.717) is 29.6 Å². The molecule has 2 aliphatic heterocycles. The van der Waals surface area contributed by atoms with Gasteiger partial charge in [-0.3, -0.25) is 14.4 Å². The molecule has 0 saturated carbocycles. The summed E-state index contributed by atoms with van der Waals surface area (Å²) < 4.78 is 36.4. The summed E-state index contributed by atoms with van der Waals surface area (Å²) in [4.78, 5) is 22.7. The summed E-state index contributed by atoms with van der Waals surface area (Å²) in [6.45, 7) is 8.99. The normalized spacial score (nSPS) is 14.9. The van der Waals surface area contributed by atoms with E-state index in [4.69, 9.17) is 4.74 Å². The highest BCUT2D eigenvalue weighted by atomic mass is 32.2. The lowest BCUT2D eigenvalue weighted by Crippen LogP contribution is -2.46. The minimum atomic E-state index is -3.92. The molecular weight excluding hydrogens is 659 g/mol. The molecule has 51 heavy (non-hydrogen) atoms. The van der Waals surface area contributed by atoms with Crippen LogP contribution in [0, 0.1) is 0 Å². The fraction of sp³-hybridized carbons (Fsp3) is 0.293. The lowest BCUT2D eigenvalue weighted by molar-refractivity contribution is 0.0989. The van der Waals surface area contributed by atoms with E-state index < -0.39 is 10.0 Å². The van der Waals surface area contributed by atoms with Gasteiger partial charge in [-0.1, -0.05) is 54.6 Å². The minimum absolute atomic E-state index is 0.0903. The van der Waals surface area contributed by atoms with Crippen LogP contribution in [0.4, 0.5) is 22.7 Å². The monoisotopic (exact) mass is 703 g/mol. The predicted octanol–water partition coefficient (Wildman–Crippen LogP) is 7.02. The smallest absolute Gasteiger partial charge is 0.262 e. The highest BCUT2D eigenvalue weighted by Crippen LogP contribution is 2.35. The fourth-order valence-electron chi connectivity index (χ4n) is 7.19. The first-order chi connectivity index (χ1) is 24.6. The van der Waals surface area contributed by atoms with Gasteiger partial charge in [0, 0.05) is 81.1 Å². The third-order valence-corrected chi connectivity index (χ3v) is 11.1. The van der Waals surface area contributed by atoms with Crippen molar-refractivity contribution in [2.24, 2.45) is 0 Å². The van der Waals surface area contributed by atoms with Crippen LogP contribution in [0.15, 0.2) is 108 Å². The van der Waals surface area contributed by atoms with E-state index in [2.05, 4.69) is 32.7 Å². The largest absolute Gasteiger partial charge is 0.489 e. The number of benzene rings is 5. The van der Waals surface area contributed by atoms with Gasteiger partial charge in [-0.15, -0.1) is 0 Å². The Kier molecular flexibility index (Phi) is 9.63. The van der Waals surface area contributed by atoms with E-state index in [1.807, 2.05) is 93.5 Å². The van der Waals surface area contributed by atoms with Gasteiger partial charge in [0.1, 0.15) is 5.75 Å². The van der Waals surface area contributed by atoms with Gasteiger partial charge in [-0.25, -0.2) is 8.42 Å². The summed E-state index contributed by atoms with van der Waals surface area (Å²) in [5, 5.41) is 1.51. The zero-order valence-electron chi connectivity index (χ0n) is 29.7. The molecule has 5 aromatic carbocycles. The Labute approximate surface area is 301 Å². The molecular formula is C41H45N5O4S. The maximum Gasteiger partial charge on any atom is 0.262 e. The molecule has 0 unspecified atom stereocenters. The van der Waals surface area contributed by atoms with Crippen molar-refractivity contribution in [2.45, 2.75) is 37.8 Å². The summed E-state index contributed by atoms with van der Waals surface area (Å²) in [5.41, 5.74) is 5.95. The van der Waals surface area contributed by atoms with E-state index in [1.54, 1.807) is 29.2 Å². The number of anilines is 4. The highest BCUT2D eigenvalue weighted by molar-refractivity contribution is 7.93. The van der Waals surface area contributed by atoms with Crippen LogP contribution in [0.5, 0.6) is 5.75 Å². The van der Waals surface area contributed by atoms with Gasteiger partial charge in [-0.05, 0) is 79.9 Å². The lowest BCUT2D eigenvalue weighted by atomic mass is 10.1. The standard InChI is InChI=1S/C41H45N5O4S/c1-29(2)50-39-16-6-5-14-37(39)45-24-22-44(23-25-45)28-30-10-7-11-32(26-30)41(47)46-21-20-31-18-19-33(27-38(31)46)42-51(48,49)40-17-9-12-34-35(40)13-8-15-36(34)43(3)4/h5-19,26-27,29,42H,20-25,28H2,1-4H3. The van der Waals surface area contributed by atoms with Gasteiger partial charge in [0.05, 0.1) is 22.4 Å². The average Bonchev–Trinajstić information content (AvgIpc) is 3.54. The van der Waals surface area contributed by atoms with Crippen LogP contribution in [-0.2, 0) is 23.0 Å². The number of carbonyl (C=O) groups excluding carboxylic acids is 1. The summed E-state index contributed by atoms with van der Waals surface area (Å²) in [7, 11) is -0.0421. The molecule has 1 saturated heterocycles. The first-order valence-electron chi connectivity index (χ1n) is 17.6. The predicted molar refractivity (Wildman–Crippen MR) is 207 cm³/mol. The molecule has 1 fully saturated rings. The topological polar surface area (TPSA) is 85.4 Å². The molecule has 5 aromatic rings. The molecule has 2 aliphatic rings. The molecule has 264 valence electrons. The quantitative estimate of drug-likeness (QED) is 0.167. The Morgan fingerprint density at radius 1 is 0.804 bits per heavy atom. The average molecular weight is 704 g/mol. The van der Waals surface area contributed by atoms with Crippen molar-refractivity contribution in [2.75, 3.05) is 66.2 Å². The van der Waals surface area contributed by atoms with Crippen molar-refractivity contribution in [3.63, 3.8) is 0 Å². The Hall–Kier alpha value is -5.06. The maximum absolute atomic E-state index is 14.0. The SMILES string of the molecule is CC(C)Oc1ccccc1N1CCN(Cc2cccc(C(=O)N3CCc4ccc(NS(=O)(=O)c5cccc6c(N(C)C)cccc56)cc43)c2)CC1. The number of hydrogen-bond acceptors (Lipinski definition) is 7. The second-order valence-corrected chi connectivity index (χ2v) is 15.4. The molecule has 0 aliphatic carbocycles. The number of rotatable bonds is 10. The van der Waals surface area contributed by atoms with Gasteiger partial charge in [0.15, 0.2) is 0 Å². The van der Waals surface area contributed by atoms with Crippen molar-refractivity contribution >= 4 is 49.5 Å². The zero-order chi connectivity index (χ0) is 35.7.